The predicted molar refractivity (Wildman–Crippen MR) is 49.4 cm³/mol. The molecule has 0 N–H and O–H groups in total. The molecule has 0 aromatic carbocycles. The molecule has 50 valence electrons. The average molecular weight is 188 g/mol. The minimum Gasteiger partial charge on any atom is -0.199 e. The number of rotatable bonds is 3. The molecule has 0 unspecified atom stereocenters. The van der Waals surface area contributed by atoms with Crippen molar-refractivity contribution in [1.29, 1.82) is 0 Å². The van der Waals surface area contributed by atoms with E-state index in [1.165, 1.54) is 7.42 Å². The summed E-state index contributed by atoms with van der Waals surface area (Å²) in [7, 11) is 0. The Morgan fingerprint density at radius 3 is 1.12 bits per heavy atom. The Kier molecular flexibility index (Phi) is 5.98. The van der Waals surface area contributed by atoms with Gasteiger partial charge in [-0.3, -0.25) is 0 Å². The maximum absolute atomic E-state index is 3.88. The average Bonchev–Trinajstić information content (AvgIpc) is 1.61. The van der Waals surface area contributed by atoms with E-state index >= 15 is 0 Å². The Bertz CT molecular complexity index is 48.0. The molecule has 2 nitrogen and oxygen atoms in total. The molecule has 0 spiro atoms. The summed E-state index contributed by atoms with van der Waals surface area (Å²) in [5.41, 5.74) is 0. The molecule has 8 heavy (non-hydrogen) atoms. The zero-order chi connectivity index (χ0) is 6.57. The maximum atomic E-state index is 3.88. The second kappa shape index (κ2) is 5.13. The van der Waals surface area contributed by atoms with Crippen molar-refractivity contribution in [3.63, 3.8) is 0 Å². The number of hydrogen-bond donors (Lipinski definition) is 4. The third kappa shape index (κ3) is 7.32. The predicted octanol–water partition coefficient (Wildman–Crippen LogP) is 0.970. The molecule has 0 rings (SSSR count). The summed E-state index contributed by atoms with van der Waals surface area (Å²) >= 11 is 15.5. The van der Waals surface area contributed by atoms with Gasteiger partial charge in [-0.1, -0.05) is 51.3 Å². The first kappa shape index (κ1) is 9.32. The van der Waals surface area contributed by atoms with Crippen LogP contribution < -0.4 is 0 Å². The van der Waals surface area contributed by atoms with Crippen LogP contribution in [0.4, 0.5) is 0 Å². The number of nitrogens with zero attached hydrogens (tertiary/aromatic N) is 2. The summed E-state index contributed by atoms with van der Waals surface area (Å²) in [6.45, 7) is 1.44. The van der Waals surface area contributed by atoms with Gasteiger partial charge in [-0.25, -0.2) is 0 Å². The van der Waals surface area contributed by atoms with E-state index < -0.39 is 0 Å². The third-order valence-corrected chi connectivity index (χ3v) is 1.30. The fourth-order valence-electron chi connectivity index (χ4n) is 0.179. The van der Waals surface area contributed by atoms with Gasteiger partial charge in [0, 0.05) is 13.1 Å². The molecule has 0 bridgehead atoms. The standard InChI is InChI=1S/C2H8N2S4/c5-3(6)1-2-4(7)8/h5-8H,1-2H2. The van der Waals surface area contributed by atoms with Gasteiger partial charge < -0.3 is 0 Å². The molecular weight excluding hydrogens is 180 g/mol. The van der Waals surface area contributed by atoms with Crippen LogP contribution >= 0.6 is 51.3 Å². The lowest BCUT2D eigenvalue weighted by molar-refractivity contribution is 0.648. The van der Waals surface area contributed by atoms with Crippen LogP contribution in [-0.2, 0) is 0 Å². The van der Waals surface area contributed by atoms with Crippen molar-refractivity contribution < 1.29 is 0 Å². The van der Waals surface area contributed by atoms with Crippen molar-refractivity contribution >= 4 is 51.3 Å². The van der Waals surface area contributed by atoms with Gasteiger partial charge in [-0.05, 0) is 0 Å². The largest absolute Gasteiger partial charge is 0.199 e. The minimum atomic E-state index is 0.721. The van der Waals surface area contributed by atoms with Crippen LogP contribution in [-0.4, -0.2) is 20.5 Å². The van der Waals surface area contributed by atoms with Gasteiger partial charge in [-0.15, -0.1) is 0 Å². The zero-order valence-corrected chi connectivity index (χ0v) is 7.68. The minimum absolute atomic E-state index is 0.721. The fraction of sp³-hybridized carbons (Fsp3) is 1.00. The number of hydrogen-bond acceptors (Lipinski definition) is 6. The molecule has 0 saturated heterocycles. The molecule has 0 saturated carbocycles. The summed E-state index contributed by atoms with van der Waals surface area (Å²) in [5.74, 6) is 0. The SMILES string of the molecule is SN(S)CCN(S)S. The highest BCUT2D eigenvalue weighted by atomic mass is 32.2. The van der Waals surface area contributed by atoms with Crippen LogP contribution in [0, 0.1) is 0 Å². The van der Waals surface area contributed by atoms with Gasteiger partial charge >= 0.3 is 0 Å². The Balaban J connectivity index is 2.93. The van der Waals surface area contributed by atoms with Crippen LogP contribution in [0.1, 0.15) is 0 Å². The van der Waals surface area contributed by atoms with Gasteiger partial charge in [0.05, 0.1) is 0 Å². The lowest BCUT2D eigenvalue weighted by Crippen LogP contribution is -2.12. The third-order valence-electron chi connectivity index (χ3n) is 0.500. The summed E-state index contributed by atoms with van der Waals surface area (Å²) in [6, 6.07) is 0. The van der Waals surface area contributed by atoms with Crippen LogP contribution in [0.25, 0.3) is 0 Å². The molecule has 0 heterocycles. The smallest absolute Gasteiger partial charge is 0.0344 e. The lowest BCUT2D eigenvalue weighted by atomic mass is 10.7. The molecule has 0 aliphatic rings. The highest BCUT2D eigenvalue weighted by molar-refractivity contribution is 7.94. The quantitative estimate of drug-likeness (QED) is 0.490. The van der Waals surface area contributed by atoms with Gasteiger partial charge in [0.1, 0.15) is 0 Å². The van der Waals surface area contributed by atoms with E-state index in [0.717, 1.165) is 13.1 Å². The van der Waals surface area contributed by atoms with Crippen LogP contribution in [0.5, 0.6) is 0 Å². The van der Waals surface area contributed by atoms with Gasteiger partial charge in [-0.2, -0.15) is 7.42 Å². The topological polar surface area (TPSA) is 6.48 Å². The molecule has 0 aromatic rings. The number of thiol groups is 4. The van der Waals surface area contributed by atoms with E-state index in [4.69, 9.17) is 0 Å². The Morgan fingerprint density at radius 2 is 1.00 bits per heavy atom. The van der Waals surface area contributed by atoms with E-state index in [2.05, 4.69) is 51.3 Å². The Morgan fingerprint density at radius 1 is 0.750 bits per heavy atom. The molecule has 0 aliphatic heterocycles. The molecule has 0 fully saturated rings. The van der Waals surface area contributed by atoms with Crippen molar-refractivity contribution in [2.45, 2.75) is 0 Å². The molecule has 0 aromatic heterocycles. The van der Waals surface area contributed by atoms with E-state index in [-0.39, 0.29) is 0 Å². The molecular formula is C2H8N2S4. The lowest BCUT2D eigenvalue weighted by Gasteiger charge is -2.09. The van der Waals surface area contributed by atoms with Gasteiger partial charge in [0.25, 0.3) is 0 Å². The highest BCUT2D eigenvalue weighted by Gasteiger charge is 1.93. The Hall–Kier alpha value is 1.32. The normalized spacial score (nSPS) is 11.2. The van der Waals surface area contributed by atoms with Crippen LogP contribution in [0.3, 0.4) is 0 Å². The summed E-state index contributed by atoms with van der Waals surface area (Å²) in [4.78, 5) is 0. The zero-order valence-electron chi connectivity index (χ0n) is 4.10. The first-order chi connectivity index (χ1) is 3.63. The van der Waals surface area contributed by atoms with Crippen molar-refractivity contribution in [1.82, 2.24) is 7.42 Å². The fourth-order valence-corrected chi connectivity index (χ4v) is 0.537. The Labute approximate surface area is 71.8 Å². The summed E-state index contributed by atoms with van der Waals surface area (Å²) < 4.78 is 2.94. The second-order valence-electron chi connectivity index (χ2n) is 1.19. The van der Waals surface area contributed by atoms with E-state index in [9.17, 15) is 0 Å². The van der Waals surface area contributed by atoms with E-state index in [1.54, 1.807) is 0 Å². The molecule has 0 atom stereocenters. The van der Waals surface area contributed by atoms with E-state index in [1.807, 2.05) is 0 Å². The highest BCUT2D eigenvalue weighted by Crippen LogP contribution is 2.00. The second-order valence-corrected chi connectivity index (χ2v) is 3.75. The van der Waals surface area contributed by atoms with Crippen molar-refractivity contribution in [3.8, 4) is 0 Å². The maximum Gasteiger partial charge on any atom is 0.0344 e. The summed E-state index contributed by atoms with van der Waals surface area (Å²) in [6.07, 6.45) is 0. The molecule has 0 radical (unpaired) electrons. The van der Waals surface area contributed by atoms with Crippen molar-refractivity contribution in [2.24, 2.45) is 0 Å². The van der Waals surface area contributed by atoms with Crippen LogP contribution in [0.2, 0.25) is 0 Å². The molecule has 6 heteroatoms. The van der Waals surface area contributed by atoms with Crippen molar-refractivity contribution in [3.05, 3.63) is 0 Å². The van der Waals surface area contributed by atoms with E-state index in [0.29, 0.717) is 0 Å². The van der Waals surface area contributed by atoms with Gasteiger partial charge in [0.15, 0.2) is 0 Å². The first-order valence-corrected chi connectivity index (χ1v) is 3.53. The van der Waals surface area contributed by atoms with Crippen molar-refractivity contribution in [2.75, 3.05) is 13.1 Å². The monoisotopic (exact) mass is 188 g/mol. The first-order valence-electron chi connectivity index (χ1n) is 1.93. The summed E-state index contributed by atoms with van der Waals surface area (Å²) in [5, 5.41) is 0. The van der Waals surface area contributed by atoms with Gasteiger partial charge in [0.2, 0.25) is 0 Å². The van der Waals surface area contributed by atoms with Crippen LogP contribution in [0.15, 0.2) is 0 Å². The molecule has 0 aliphatic carbocycles. The molecule has 0 amide bonds.